The highest BCUT2D eigenvalue weighted by Crippen LogP contribution is 2.23. The molecule has 1 amide bonds. The molecule has 21 heavy (non-hydrogen) atoms. The zero-order valence-electron chi connectivity index (χ0n) is 11.3. The van der Waals surface area contributed by atoms with E-state index < -0.39 is 0 Å². The highest BCUT2D eigenvalue weighted by atomic mass is 35.5. The van der Waals surface area contributed by atoms with Crippen molar-refractivity contribution in [3.63, 3.8) is 0 Å². The second kappa shape index (κ2) is 5.84. The lowest BCUT2D eigenvalue weighted by Crippen LogP contribution is -2.26. The van der Waals surface area contributed by atoms with E-state index in [9.17, 15) is 4.79 Å². The molecule has 3 nitrogen and oxygen atoms in total. The molecule has 106 valence electrons. The summed E-state index contributed by atoms with van der Waals surface area (Å²) in [7, 11) is 0. The van der Waals surface area contributed by atoms with Crippen LogP contribution in [0.2, 0.25) is 5.02 Å². The summed E-state index contributed by atoms with van der Waals surface area (Å²) < 4.78 is 1.01. The van der Waals surface area contributed by atoms with Gasteiger partial charge in [0.1, 0.15) is 0 Å². The van der Waals surface area contributed by atoms with Crippen molar-refractivity contribution < 1.29 is 4.79 Å². The predicted molar refractivity (Wildman–Crippen MR) is 87.0 cm³/mol. The molecule has 0 aliphatic heterocycles. The Balaban J connectivity index is 1.81. The third-order valence-corrected chi connectivity index (χ3v) is 4.45. The second-order valence-electron chi connectivity index (χ2n) is 4.75. The zero-order valence-corrected chi connectivity index (χ0v) is 12.9. The van der Waals surface area contributed by atoms with Crippen LogP contribution in [0, 0.1) is 0 Å². The molecule has 0 radical (unpaired) electrons. The molecule has 0 saturated carbocycles. The molecule has 2 aromatic carbocycles. The third-order valence-electron chi connectivity index (χ3n) is 3.31. The summed E-state index contributed by atoms with van der Waals surface area (Å²) in [5, 5.41) is 3.63. The number of rotatable bonds is 3. The number of hydrogen-bond acceptors (Lipinski definition) is 3. The van der Waals surface area contributed by atoms with Crippen LogP contribution in [0.15, 0.2) is 48.0 Å². The van der Waals surface area contributed by atoms with Crippen LogP contribution < -0.4 is 5.32 Å². The van der Waals surface area contributed by atoms with Gasteiger partial charge in [0, 0.05) is 10.6 Å². The fraction of sp³-hybridized carbons (Fsp3) is 0.125. The van der Waals surface area contributed by atoms with Crippen molar-refractivity contribution in [3.8, 4) is 0 Å². The Morgan fingerprint density at radius 3 is 2.90 bits per heavy atom. The quantitative estimate of drug-likeness (QED) is 0.776. The Labute approximate surface area is 131 Å². The minimum absolute atomic E-state index is 0.113. The summed E-state index contributed by atoms with van der Waals surface area (Å²) in [5.74, 6) is -0.113. The summed E-state index contributed by atoms with van der Waals surface area (Å²) in [4.78, 5) is 16.5. The maximum Gasteiger partial charge on any atom is 0.251 e. The maximum atomic E-state index is 12.3. The molecule has 1 aromatic heterocycles. The first kappa shape index (κ1) is 14.0. The van der Waals surface area contributed by atoms with Crippen LogP contribution >= 0.6 is 22.9 Å². The van der Waals surface area contributed by atoms with Gasteiger partial charge in [-0.3, -0.25) is 4.79 Å². The predicted octanol–water partition coefficient (Wildman–Crippen LogP) is 4.44. The average molecular weight is 317 g/mol. The first-order valence-corrected chi connectivity index (χ1v) is 7.79. The number of nitrogens with zero attached hydrogens (tertiary/aromatic N) is 1. The molecule has 3 aromatic rings. The standard InChI is InChI=1S/C16H13ClN2OS/c1-10(12-4-2-3-5-13(12)17)19-16(20)11-6-7-14-15(8-11)21-9-18-14/h2-10H,1H3,(H,19,20). The van der Waals surface area contributed by atoms with E-state index in [1.54, 1.807) is 11.6 Å². The molecule has 0 bridgehead atoms. The lowest BCUT2D eigenvalue weighted by atomic mass is 10.1. The largest absolute Gasteiger partial charge is 0.345 e. The van der Waals surface area contributed by atoms with E-state index in [0.29, 0.717) is 10.6 Å². The Kier molecular flexibility index (Phi) is 3.90. The minimum Gasteiger partial charge on any atom is -0.345 e. The number of benzene rings is 2. The summed E-state index contributed by atoms with van der Waals surface area (Å²) in [6.07, 6.45) is 0. The average Bonchev–Trinajstić information content (AvgIpc) is 2.94. The van der Waals surface area contributed by atoms with E-state index in [0.717, 1.165) is 15.8 Å². The number of aromatic nitrogens is 1. The normalized spacial score (nSPS) is 12.3. The van der Waals surface area contributed by atoms with E-state index in [2.05, 4.69) is 10.3 Å². The minimum atomic E-state index is -0.150. The molecule has 0 aliphatic carbocycles. The van der Waals surface area contributed by atoms with Crippen LogP contribution in [-0.4, -0.2) is 10.9 Å². The first-order chi connectivity index (χ1) is 10.1. The first-order valence-electron chi connectivity index (χ1n) is 6.53. The SMILES string of the molecule is CC(NC(=O)c1ccc2ncsc2c1)c1ccccc1Cl. The molecule has 0 saturated heterocycles. The highest BCUT2D eigenvalue weighted by Gasteiger charge is 2.14. The van der Waals surface area contributed by atoms with Crippen LogP contribution in [0.1, 0.15) is 28.9 Å². The van der Waals surface area contributed by atoms with Crippen molar-refractivity contribution in [2.75, 3.05) is 0 Å². The fourth-order valence-electron chi connectivity index (χ4n) is 2.18. The molecule has 0 spiro atoms. The van der Waals surface area contributed by atoms with Gasteiger partial charge in [-0.2, -0.15) is 0 Å². The van der Waals surface area contributed by atoms with Crippen LogP contribution in [0.5, 0.6) is 0 Å². The summed E-state index contributed by atoms with van der Waals surface area (Å²) in [6, 6.07) is 12.9. The Morgan fingerprint density at radius 2 is 2.10 bits per heavy atom. The lowest BCUT2D eigenvalue weighted by Gasteiger charge is -2.15. The molecule has 5 heteroatoms. The smallest absolute Gasteiger partial charge is 0.251 e. The van der Waals surface area contributed by atoms with Crippen molar-refractivity contribution in [2.45, 2.75) is 13.0 Å². The number of nitrogens with one attached hydrogen (secondary N) is 1. The van der Waals surface area contributed by atoms with Gasteiger partial charge in [-0.15, -0.1) is 11.3 Å². The summed E-state index contributed by atoms with van der Waals surface area (Å²) in [6.45, 7) is 1.92. The molecule has 1 N–H and O–H groups in total. The molecule has 1 unspecified atom stereocenters. The molecule has 3 rings (SSSR count). The second-order valence-corrected chi connectivity index (χ2v) is 6.05. The number of halogens is 1. The highest BCUT2D eigenvalue weighted by molar-refractivity contribution is 7.16. The van der Waals surface area contributed by atoms with E-state index in [1.807, 2.05) is 43.3 Å². The van der Waals surface area contributed by atoms with E-state index >= 15 is 0 Å². The van der Waals surface area contributed by atoms with Crippen LogP contribution in [0.25, 0.3) is 10.2 Å². The van der Waals surface area contributed by atoms with Crippen LogP contribution in [-0.2, 0) is 0 Å². The Bertz CT molecular complexity index is 800. The van der Waals surface area contributed by atoms with Gasteiger partial charge in [0.05, 0.1) is 21.8 Å². The topological polar surface area (TPSA) is 42.0 Å². The Morgan fingerprint density at radius 1 is 1.29 bits per heavy atom. The van der Waals surface area contributed by atoms with Crippen molar-refractivity contribution in [3.05, 3.63) is 64.1 Å². The summed E-state index contributed by atoms with van der Waals surface area (Å²) >= 11 is 7.68. The van der Waals surface area contributed by atoms with Gasteiger partial charge < -0.3 is 5.32 Å². The van der Waals surface area contributed by atoms with Crippen molar-refractivity contribution >= 4 is 39.1 Å². The van der Waals surface area contributed by atoms with Crippen molar-refractivity contribution in [2.24, 2.45) is 0 Å². The number of carbonyl (C=O) groups is 1. The van der Waals surface area contributed by atoms with Crippen molar-refractivity contribution in [1.82, 2.24) is 10.3 Å². The molecular weight excluding hydrogens is 304 g/mol. The maximum absolute atomic E-state index is 12.3. The molecular formula is C16H13ClN2OS. The van der Waals surface area contributed by atoms with E-state index in [-0.39, 0.29) is 11.9 Å². The van der Waals surface area contributed by atoms with Gasteiger partial charge >= 0.3 is 0 Å². The van der Waals surface area contributed by atoms with Gasteiger partial charge in [0.2, 0.25) is 0 Å². The van der Waals surface area contributed by atoms with Gasteiger partial charge in [-0.05, 0) is 36.8 Å². The summed E-state index contributed by atoms with van der Waals surface area (Å²) in [5.41, 5.74) is 4.23. The lowest BCUT2D eigenvalue weighted by molar-refractivity contribution is 0.0940. The van der Waals surface area contributed by atoms with Gasteiger partial charge in [-0.1, -0.05) is 29.8 Å². The van der Waals surface area contributed by atoms with Crippen LogP contribution in [0.4, 0.5) is 0 Å². The van der Waals surface area contributed by atoms with E-state index in [4.69, 9.17) is 11.6 Å². The fourth-order valence-corrected chi connectivity index (χ4v) is 3.20. The Hall–Kier alpha value is -1.91. The number of hydrogen-bond donors (Lipinski definition) is 1. The van der Waals surface area contributed by atoms with Crippen molar-refractivity contribution in [1.29, 1.82) is 0 Å². The van der Waals surface area contributed by atoms with Gasteiger partial charge in [-0.25, -0.2) is 4.98 Å². The van der Waals surface area contributed by atoms with Gasteiger partial charge in [0.15, 0.2) is 0 Å². The number of fused-ring (bicyclic) bond motifs is 1. The molecule has 0 aliphatic rings. The number of amides is 1. The zero-order chi connectivity index (χ0) is 14.8. The van der Waals surface area contributed by atoms with Crippen LogP contribution in [0.3, 0.4) is 0 Å². The number of thiazole rings is 1. The molecule has 1 heterocycles. The number of carbonyl (C=O) groups excluding carboxylic acids is 1. The van der Waals surface area contributed by atoms with E-state index in [1.165, 1.54) is 11.3 Å². The monoisotopic (exact) mass is 316 g/mol. The third kappa shape index (κ3) is 2.91. The molecule has 0 fully saturated rings. The molecule has 1 atom stereocenters. The van der Waals surface area contributed by atoms with Gasteiger partial charge in [0.25, 0.3) is 5.91 Å².